The number of nitrogens with zero attached hydrogens (tertiary/aromatic N) is 1. The molecule has 0 aromatic heterocycles. The van der Waals surface area contributed by atoms with Gasteiger partial charge in [0.1, 0.15) is 11.8 Å². The van der Waals surface area contributed by atoms with Crippen LogP contribution in [0.5, 0.6) is 5.75 Å². The van der Waals surface area contributed by atoms with E-state index in [9.17, 15) is 13.2 Å². The maximum Gasteiger partial charge on any atom is 0.244 e. The third-order valence-corrected chi connectivity index (χ3v) is 5.98. The highest BCUT2D eigenvalue weighted by Gasteiger charge is 2.31. The number of hydrogen-bond acceptors (Lipinski definition) is 4. The Hall–Kier alpha value is -1.96. The molecule has 0 aliphatic rings. The molecule has 1 amide bonds. The molecule has 0 bridgehead atoms. The average Bonchev–Trinajstić information content (AvgIpc) is 2.63. The van der Waals surface area contributed by atoms with E-state index in [0.717, 1.165) is 16.1 Å². The van der Waals surface area contributed by atoms with E-state index >= 15 is 0 Å². The van der Waals surface area contributed by atoms with E-state index in [1.165, 1.54) is 19.1 Å². The van der Waals surface area contributed by atoms with Crippen molar-refractivity contribution in [2.75, 3.05) is 17.7 Å². The molecule has 0 heterocycles. The first kappa shape index (κ1) is 22.3. The molecule has 0 radical (unpaired) electrons. The number of rotatable bonds is 7. The first-order valence-electron chi connectivity index (χ1n) is 8.44. The summed E-state index contributed by atoms with van der Waals surface area (Å²) in [6.45, 7) is 3.28. The van der Waals surface area contributed by atoms with Gasteiger partial charge in [0, 0.05) is 10.6 Å². The first-order valence-corrected chi connectivity index (χ1v) is 11.0. The van der Waals surface area contributed by atoms with Crippen LogP contribution in [0.2, 0.25) is 10.0 Å². The van der Waals surface area contributed by atoms with Crippen LogP contribution >= 0.6 is 23.2 Å². The summed E-state index contributed by atoms with van der Waals surface area (Å²) in [5.41, 5.74) is 0.918. The van der Waals surface area contributed by atoms with Crippen LogP contribution in [0.15, 0.2) is 42.5 Å². The third kappa shape index (κ3) is 5.10. The molecule has 9 heteroatoms. The van der Waals surface area contributed by atoms with Gasteiger partial charge in [-0.15, -0.1) is 0 Å². The summed E-state index contributed by atoms with van der Waals surface area (Å²) in [7, 11) is -2.27. The SMILES string of the molecule is COc1ccccc1[C@H](C)NC(=O)[C@@H](C)N(c1cc(Cl)ccc1Cl)S(C)(=O)=O. The number of sulfonamides is 1. The number of hydrogen-bond donors (Lipinski definition) is 1. The number of methoxy groups -OCH3 is 1. The Kier molecular flexibility index (Phi) is 7.20. The van der Waals surface area contributed by atoms with E-state index in [-0.39, 0.29) is 10.7 Å². The number of halogens is 2. The minimum Gasteiger partial charge on any atom is -0.496 e. The van der Waals surface area contributed by atoms with E-state index < -0.39 is 28.0 Å². The molecule has 2 atom stereocenters. The minimum absolute atomic E-state index is 0.143. The molecule has 0 unspecified atom stereocenters. The third-order valence-electron chi connectivity index (χ3n) is 4.20. The molecule has 2 rings (SSSR count). The lowest BCUT2D eigenvalue weighted by Gasteiger charge is -2.30. The van der Waals surface area contributed by atoms with Crippen molar-refractivity contribution in [1.29, 1.82) is 0 Å². The zero-order chi connectivity index (χ0) is 21.1. The summed E-state index contributed by atoms with van der Waals surface area (Å²) < 4.78 is 31.1. The van der Waals surface area contributed by atoms with Crippen LogP contribution in [0, 0.1) is 0 Å². The zero-order valence-electron chi connectivity index (χ0n) is 15.9. The molecule has 1 N–H and O–H groups in total. The number of carbonyl (C=O) groups is 1. The molecule has 2 aromatic rings. The predicted octanol–water partition coefficient (Wildman–Crippen LogP) is 4.03. The van der Waals surface area contributed by atoms with Gasteiger partial charge in [0.2, 0.25) is 15.9 Å². The molecule has 2 aromatic carbocycles. The average molecular weight is 445 g/mol. The van der Waals surface area contributed by atoms with E-state index in [0.29, 0.717) is 10.8 Å². The van der Waals surface area contributed by atoms with Crippen molar-refractivity contribution in [1.82, 2.24) is 5.32 Å². The second kappa shape index (κ2) is 9.03. The summed E-state index contributed by atoms with van der Waals surface area (Å²) in [5.74, 6) is 0.140. The van der Waals surface area contributed by atoms with E-state index in [2.05, 4.69) is 5.32 Å². The van der Waals surface area contributed by atoms with Gasteiger partial charge in [-0.2, -0.15) is 0 Å². The highest BCUT2D eigenvalue weighted by atomic mass is 35.5. The lowest BCUT2D eigenvalue weighted by atomic mass is 10.1. The van der Waals surface area contributed by atoms with Crippen molar-refractivity contribution in [3.8, 4) is 5.75 Å². The number of para-hydroxylation sites is 1. The van der Waals surface area contributed by atoms with E-state index in [1.807, 2.05) is 18.2 Å². The second-order valence-corrected chi connectivity index (χ2v) is 9.01. The van der Waals surface area contributed by atoms with Gasteiger partial charge in [0.25, 0.3) is 0 Å². The molecule has 0 saturated heterocycles. The van der Waals surface area contributed by atoms with Crippen LogP contribution in [0.4, 0.5) is 5.69 Å². The van der Waals surface area contributed by atoms with Crippen LogP contribution in [-0.2, 0) is 14.8 Å². The van der Waals surface area contributed by atoms with Crippen molar-refractivity contribution in [2.45, 2.75) is 25.9 Å². The molecule has 0 spiro atoms. The molecule has 6 nitrogen and oxygen atoms in total. The van der Waals surface area contributed by atoms with Crippen LogP contribution in [0.1, 0.15) is 25.5 Å². The maximum atomic E-state index is 12.8. The van der Waals surface area contributed by atoms with Gasteiger partial charge in [-0.3, -0.25) is 9.10 Å². The van der Waals surface area contributed by atoms with Gasteiger partial charge in [-0.05, 0) is 38.1 Å². The lowest BCUT2D eigenvalue weighted by molar-refractivity contribution is -0.122. The van der Waals surface area contributed by atoms with E-state index in [4.69, 9.17) is 27.9 Å². The Morgan fingerprint density at radius 3 is 2.39 bits per heavy atom. The van der Waals surface area contributed by atoms with Gasteiger partial charge in [0.15, 0.2) is 0 Å². The summed E-state index contributed by atoms with van der Waals surface area (Å²) in [6, 6.07) is 10.3. The van der Waals surface area contributed by atoms with Gasteiger partial charge in [-0.1, -0.05) is 41.4 Å². The van der Waals surface area contributed by atoms with Crippen molar-refractivity contribution >= 4 is 44.8 Å². The first-order chi connectivity index (χ1) is 13.1. The number of carbonyl (C=O) groups excluding carboxylic acids is 1. The van der Waals surface area contributed by atoms with Crippen molar-refractivity contribution in [2.24, 2.45) is 0 Å². The van der Waals surface area contributed by atoms with Crippen molar-refractivity contribution in [3.63, 3.8) is 0 Å². The number of ether oxygens (including phenoxy) is 1. The molecule has 152 valence electrons. The molecule has 0 aliphatic carbocycles. The number of amides is 1. The van der Waals surface area contributed by atoms with E-state index in [1.54, 1.807) is 26.2 Å². The van der Waals surface area contributed by atoms with Crippen LogP contribution in [0.3, 0.4) is 0 Å². The second-order valence-electron chi connectivity index (χ2n) is 6.30. The Morgan fingerprint density at radius 2 is 1.79 bits per heavy atom. The smallest absolute Gasteiger partial charge is 0.244 e. The Bertz CT molecular complexity index is 966. The number of anilines is 1. The lowest BCUT2D eigenvalue weighted by Crippen LogP contribution is -2.48. The fourth-order valence-electron chi connectivity index (χ4n) is 2.87. The molecule has 28 heavy (non-hydrogen) atoms. The number of benzene rings is 2. The predicted molar refractivity (Wildman–Crippen MR) is 113 cm³/mol. The summed E-state index contributed by atoms with van der Waals surface area (Å²) in [4.78, 5) is 12.8. The fraction of sp³-hybridized carbons (Fsp3) is 0.316. The van der Waals surface area contributed by atoms with Gasteiger partial charge < -0.3 is 10.1 Å². The molecule has 0 aliphatic heterocycles. The van der Waals surface area contributed by atoms with Gasteiger partial charge in [0.05, 0.1) is 30.1 Å². The summed E-state index contributed by atoms with van der Waals surface area (Å²) in [6.07, 6.45) is 1.01. The standard InChI is InChI=1S/C19H22Cl2N2O4S/c1-12(15-7-5-6-8-18(15)27-3)22-19(24)13(2)23(28(4,25)26)17-11-14(20)9-10-16(17)21/h5-13H,1-4H3,(H,22,24)/t12-,13+/m0/s1. The quantitative estimate of drug-likeness (QED) is 0.698. The highest BCUT2D eigenvalue weighted by Crippen LogP contribution is 2.32. The summed E-state index contributed by atoms with van der Waals surface area (Å²) >= 11 is 12.2. The topological polar surface area (TPSA) is 75.7 Å². The normalized spacial score (nSPS) is 13.5. The summed E-state index contributed by atoms with van der Waals surface area (Å²) in [5, 5.41) is 3.31. The zero-order valence-corrected chi connectivity index (χ0v) is 18.3. The monoisotopic (exact) mass is 444 g/mol. The van der Waals surface area contributed by atoms with Crippen LogP contribution in [0.25, 0.3) is 0 Å². The minimum atomic E-state index is -3.81. The number of nitrogens with one attached hydrogen (secondary N) is 1. The molecular weight excluding hydrogens is 423 g/mol. The maximum absolute atomic E-state index is 12.8. The van der Waals surface area contributed by atoms with Crippen molar-refractivity contribution in [3.05, 3.63) is 58.1 Å². The largest absolute Gasteiger partial charge is 0.496 e. The van der Waals surface area contributed by atoms with Crippen LogP contribution in [-0.4, -0.2) is 33.7 Å². The molecule has 0 fully saturated rings. The molecular formula is C19H22Cl2N2O4S. The van der Waals surface area contributed by atoms with Gasteiger partial charge >= 0.3 is 0 Å². The molecule has 0 saturated carbocycles. The highest BCUT2D eigenvalue weighted by molar-refractivity contribution is 7.92. The van der Waals surface area contributed by atoms with Gasteiger partial charge in [-0.25, -0.2) is 8.42 Å². The van der Waals surface area contributed by atoms with Crippen LogP contribution < -0.4 is 14.4 Å². The Labute approximate surface area is 175 Å². The van der Waals surface area contributed by atoms with Crippen molar-refractivity contribution < 1.29 is 17.9 Å². The Morgan fingerprint density at radius 1 is 1.14 bits per heavy atom. The Balaban J connectivity index is 2.33. The fourth-order valence-corrected chi connectivity index (χ4v) is 4.48.